The second-order valence-electron chi connectivity index (χ2n) is 5.95. The van der Waals surface area contributed by atoms with Gasteiger partial charge in [0.1, 0.15) is 5.82 Å². The van der Waals surface area contributed by atoms with Crippen molar-refractivity contribution in [2.45, 2.75) is 18.8 Å². The third-order valence-electron chi connectivity index (χ3n) is 4.23. The van der Waals surface area contributed by atoms with Crippen LogP contribution in [0.2, 0.25) is 0 Å². The topological polar surface area (TPSA) is 46.9 Å². The first-order valence-electron chi connectivity index (χ1n) is 7.66. The molecule has 0 aliphatic heterocycles. The first kappa shape index (κ1) is 13.9. The van der Waals surface area contributed by atoms with Crippen LogP contribution in [0.1, 0.15) is 34.7 Å². The number of aryl methyl sites for hydroxylation is 1. The summed E-state index contributed by atoms with van der Waals surface area (Å²) in [6.45, 7) is 0. The number of halogens is 1. The molecule has 1 amide bonds. The number of amides is 1. The molecule has 1 N–H and O–H groups in total. The van der Waals surface area contributed by atoms with Crippen LogP contribution in [0, 0.1) is 5.82 Å². The lowest BCUT2D eigenvalue weighted by Crippen LogP contribution is -2.12. The van der Waals surface area contributed by atoms with Gasteiger partial charge in [-0.2, -0.15) is 5.10 Å². The van der Waals surface area contributed by atoms with E-state index in [-0.39, 0.29) is 11.5 Å². The summed E-state index contributed by atoms with van der Waals surface area (Å²) in [5, 5.41) is 8.16. The molecule has 0 atom stereocenters. The number of carbonyl (C=O) groups excluding carboxylic acids is 1. The number of carbonyl (C=O) groups is 1. The van der Waals surface area contributed by atoms with E-state index in [9.17, 15) is 9.18 Å². The van der Waals surface area contributed by atoms with Crippen LogP contribution >= 0.6 is 0 Å². The average molecular weight is 309 g/mol. The summed E-state index contributed by atoms with van der Waals surface area (Å²) < 4.78 is 15.1. The Bertz CT molecular complexity index is 912. The van der Waals surface area contributed by atoms with Crippen LogP contribution in [-0.2, 0) is 7.05 Å². The maximum absolute atomic E-state index is 13.3. The summed E-state index contributed by atoms with van der Waals surface area (Å²) in [5.74, 6) is 0.320. The van der Waals surface area contributed by atoms with Crippen molar-refractivity contribution >= 4 is 22.6 Å². The van der Waals surface area contributed by atoms with Gasteiger partial charge in [-0.05, 0) is 48.6 Å². The quantitative estimate of drug-likeness (QED) is 0.799. The predicted octanol–water partition coefficient (Wildman–Crippen LogP) is 3.84. The third-order valence-corrected chi connectivity index (χ3v) is 4.23. The van der Waals surface area contributed by atoms with Gasteiger partial charge in [-0.15, -0.1) is 0 Å². The molecule has 2 aromatic carbocycles. The van der Waals surface area contributed by atoms with E-state index in [0.29, 0.717) is 11.7 Å². The number of aromatic nitrogens is 2. The molecule has 1 aromatic heterocycles. The summed E-state index contributed by atoms with van der Waals surface area (Å²) in [6, 6.07) is 11.7. The van der Waals surface area contributed by atoms with E-state index in [1.54, 1.807) is 6.07 Å². The SMILES string of the molecule is Cn1nc(NC(=O)c2cccc(F)c2)c2cccc(C3CC3)c21. The molecule has 0 unspecified atom stereocenters. The molecule has 1 aliphatic rings. The molecule has 4 rings (SSSR count). The highest BCUT2D eigenvalue weighted by atomic mass is 19.1. The number of para-hydroxylation sites is 1. The van der Waals surface area contributed by atoms with Crippen LogP contribution in [0.25, 0.3) is 10.9 Å². The second kappa shape index (κ2) is 5.19. The zero-order valence-corrected chi connectivity index (χ0v) is 12.7. The highest BCUT2D eigenvalue weighted by molar-refractivity contribution is 6.08. The lowest BCUT2D eigenvalue weighted by atomic mass is 10.1. The fourth-order valence-electron chi connectivity index (χ4n) is 2.99. The molecule has 4 nitrogen and oxygen atoms in total. The Kier molecular flexibility index (Phi) is 3.15. The van der Waals surface area contributed by atoms with Crippen molar-refractivity contribution in [3.8, 4) is 0 Å². The lowest BCUT2D eigenvalue weighted by Gasteiger charge is -2.04. The van der Waals surface area contributed by atoms with Crippen molar-refractivity contribution < 1.29 is 9.18 Å². The predicted molar refractivity (Wildman–Crippen MR) is 87.0 cm³/mol. The Morgan fingerprint density at radius 3 is 2.78 bits per heavy atom. The van der Waals surface area contributed by atoms with Crippen molar-refractivity contribution in [2.75, 3.05) is 5.32 Å². The number of nitrogens with one attached hydrogen (secondary N) is 1. The molecule has 3 aromatic rings. The molecule has 5 heteroatoms. The first-order valence-corrected chi connectivity index (χ1v) is 7.66. The van der Waals surface area contributed by atoms with Crippen molar-refractivity contribution in [2.24, 2.45) is 7.05 Å². The van der Waals surface area contributed by atoms with E-state index in [2.05, 4.69) is 16.5 Å². The molecular weight excluding hydrogens is 293 g/mol. The highest BCUT2D eigenvalue weighted by Crippen LogP contribution is 2.43. The van der Waals surface area contributed by atoms with Gasteiger partial charge in [-0.25, -0.2) is 4.39 Å². The minimum Gasteiger partial charge on any atom is -0.305 e. The second-order valence-corrected chi connectivity index (χ2v) is 5.95. The van der Waals surface area contributed by atoms with Crippen molar-refractivity contribution in [1.29, 1.82) is 0 Å². The molecule has 0 saturated heterocycles. The minimum absolute atomic E-state index is 0.280. The standard InChI is InChI=1S/C18H16FN3O/c1-22-16-14(11-8-9-11)6-3-7-15(16)17(21-22)20-18(23)12-4-2-5-13(19)10-12/h2-7,10-11H,8-9H2,1H3,(H,20,21,23). The Morgan fingerprint density at radius 2 is 2.04 bits per heavy atom. The van der Waals surface area contributed by atoms with Gasteiger partial charge in [0.05, 0.1) is 5.52 Å². The summed E-state index contributed by atoms with van der Waals surface area (Å²) in [5.41, 5.74) is 2.62. The Balaban J connectivity index is 1.72. The Morgan fingerprint density at radius 1 is 1.26 bits per heavy atom. The number of anilines is 1. The zero-order chi connectivity index (χ0) is 16.0. The molecular formula is C18H16FN3O. The van der Waals surface area contributed by atoms with E-state index in [0.717, 1.165) is 10.9 Å². The Labute approximate surface area is 132 Å². The van der Waals surface area contributed by atoms with Crippen LogP contribution < -0.4 is 5.32 Å². The van der Waals surface area contributed by atoms with Gasteiger partial charge in [0.2, 0.25) is 0 Å². The molecule has 23 heavy (non-hydrogen) atoms. The van der Waals surface area contributed by atoms with Gasteiger partial charge in [-0.3, -0.25) is 9.48 Å². The van der Waals surface area contributed by atoms with E-state index in [1.165, 1.54) is 36.6 Å². The molecule has 116 valence electrons. The van der Waals surface area contributed by atoms with E-state index >= 15 is 0 Å². The normalized spacial score (nSPS) is 14.2. The van der Waals surface area contributed by atoms with E-state index < -0.39 is 5.82 Å². The largest absolute Gasteiger partial charge is 0.305 e. The van der Waals surface area contributed by atoms with E-state index in [1.807, 2.05) is 23.9 Å². The van der Waals surface area contributed by atoms with Gasteiger partial charge < -0.3 is 5.32 Å². The van der Waals surface area contributed by atoms with Crippen LogP contribution in [0.5, 0.6) is 0 Å². The monoisotopic (exact) mass is 309 g/mol. The molecule has 0 spiro atoms. The van der Waals surface area contributed by atoms with Crippen LogP contribution in [-0.4, -0.2) is 15.7 Å². The molecule has 0 radical (unpaired) electrons. The van der Waals surface area contributed by atoms with Gasteiger partial charge in [0.25, 0.3) is 5.91 Å². The smallest absolute Gasteiger partial charge is 0.256 e. The summed E-state index contributed by atoms with van der Waals surface area (Å²) in [4.78, 5) is 12.3. The fraction of sp³-hybridized carbons (Fsp3) is 0.222. The van der Waals surface area contributed by atoms with Gasteiger partial charge >= 0.3 is 0 Å². The van der Waals surface area contributed by atoms with Gasteiger partial charge in [0.15, 0.2) is 5.82 Å². The van der Waals surface area contributed by atoms with Gasteiger partial charge in [0, 0.05) is 18.0 Å². The number of fused-ring (bicyclic) bond motifs is 1. The zero-order valence-electron chi connectivity index (χ0n) is 12.7. The highest BCUT2D eigenvalue weighted by Gasteiger charge is 2.27. The maximum atomic E-state index is 13.3. The summed E-state index contributed by atoms with van der Waals surface area (Å²) in [6.07, 6.45) is 2.41. The summed E-state index contributed by atoms with van der Waals surface area (Å²) in [7, 11) is 1.88. The molecule has 1 aliphatic carbocycles. The van der Waals surface area contributed by atoms with Crippen molar-refractivity contribution in [3.63, 3.8) is 0 Å². The third kappa shape index (κ3) is 2.48. The number of hydrogen-bond acceptors (Lipinski definition) is 2. The Hall–Kier alpha value is -2.69. The molecule has 1 saturated carbocycles. The van der Waals surface area contributed by atoms with Crippen molar-refractivity contribution in [3.05, 3.63) is 59.4 Å². The number of rotatable bonds is 3. The molecule has 1 fully saturated rings. The number of nitrogens with zero attached hydrogens (tertiary/aromatic N) is 2. The summed E-state index contributed by atoms with van der Waals surface area (Å²) >= 11 is 0. The average Bonchev–Trinajstić information content (AvgIpc) is 3.33. The van der Waals surface area contributed by atoms with Gasteiger partial charge in [-0.1, -0.05) is 18.2 Å². The fourth-order valence-corrected chi connectivity index (χ4v) is 2.99. The van der Waals surface area contributed by atoms with Crippen LogP contribution in [0.3, 0.4) is 0 Å². The molecule has 0 bridgehead atoms. The first-order chi connectivity index (χ1) is 11.1. The maximum Gasteiger partial charge on any atom is 0.256 e. The van der Waals surface area contributed by atoms with Crippen LogP contribution in [0.15, 0.2) is 42.5 Å². The van der Waals surface area contributed by atoms with E-state index in [4.69, 9.17) is 0 Å². The number of benzene rings is 2. The van der Waals surface area contributed by atoms with Crippen LogP contribution in [0.4, 0.5) is 10.2 Å². The lowest BCUT2D eigenvalue weighted by molar-refractivity contribution is 0.102. The number of hydrogen-bond donors (Lipinski definition) is 1. The minimum atomic E-state index is -0.431. The van der Waals surface area contributed by atoms with Crippen molar-refractivity contribution in [1.82, 2.24) is 9.78 Å². The molecule has 1 heterocycles.